The molecule has 1 aliphatic rings. The van der Waals surface area contributed by atoms with Gasteiger partial charge in [-0.25, -0.2) is 0 Å². The van der Waals surface area contributed by atoms with Crippen molar-refractivity contribution in [3.63, 3.8) is 0 Å². The van der Waals surface area contributed by atoms with Crippen molar-refractivity contribution in [2.45, 2.75) is 31.1 Å². The van der Waals surface area contributed by atoms with E-state index in [0.717, 1.165) is 31.2 Å². The van der Waals surface area contributed by atoms with Crippen LogP contribution in [0.15, 0.2) is 54.6 Å². The van der Waals surface area contributed by atoms with E-state index in [2.05, 4.69) is 5.32 Å². The fourth-order valence-electron chi connectivity index (χ4n) is 3.33. The summed E-state index contributed by atoms with van der Waals surface area (Å²) < 4.78 is 0. The van der Waals surface area contributed by atoms with Crippen molar-refractivity contribution < 1.29 is 9.72 Å². The normalized spacial score (nSPS) is 16.0. The molecule has 0 bridgehead atoms. The third-order valence-corrected chi connectivity index (χ3v) is 4.53. The number of amides is 1. The number of hydrogen-bond acceptors (Lipinski definition) is 3. The SMILES string of the molecule is O=C(Nc1cccc([N+](=O)[O-])c1)C1(c2ccccc2)CCCC1. The van der Waals surface area contributed by atoms with Crippen molar-refractivity contribution in [3.8, 4) is 0 Å². The van der Waals surface area contributed by atoms with Crippen molar-refractivity contribution in [3.05, 3.63) is 70.3 Å². The molecule has 0 aromatic heterocycles. The Balaban J connectivity index is 1.88. The van der Waals surface area contributed by atoms with Gasteiger partial charge in [0, 0.05) is 17.8 Å². The summed E-state index contributed by atoms with van der Waals surface area (Å²) in [4.78, 5) is 23.3. The predicted octanol–water partition coefficient (Wildman–Crippen LogP) is 4.05. The molecule has 0 atom stereocenters. The summed E-state index contributed by atoms with van der Waals surface area (Å²) in [5.41, 5.74) is 0.918. The minimum absolute atomic E-state index is 0.0250. The molecule has 0 unspecified atom stereocenters. The van der Waals surface area contributed by atoms with E-state index in [1.54, 1.807) is 12.1 Å². The van der Waals surface area contributed by atoms with Gasteiger partial charge in [-0.1, -0.05) is 49.2 Å². The maximum atomic E-state index is 12.9. The second-order valence-electron chi connectivity index (χ2n) is 5.92. The molecule has 2 aromatic carbocycles. The molecule has 1 amide bonds. The summed E-state index contributed by atoms with van der Waals surface area (Å²) in [5.74, 6) is -0.0818. The number of carbonyl (C=O) groups excluding carboxylic acids is 1. The van der Waals surface area contributed by atoms with E-state index in [4.69, 9.17) is 0 Å². The molecule has 1 N–H and O–H groups in total. The molecule has 1 fully saturated rings. The van der Waals surface area contributed by atoms with E-state index in [1.807, 2.05) is 30.3 Å². The molecule has 0 spiro atoms. The zero-order valence-corrected chi connectivity index (χ0v) is 12.7. The highest BCUT2D eigenvalue weighted by atomic mass is 16.6. The third-order valence-electron chi connectivity index (χ3n) is 4.53. The number of carbonyl (C=O) groups is 1. The van der Waals surface area contributed by atoms with Crippen LogP contribution < -0.4 is 5.32 Å². The largest absolute Gasteiger partial charge is 0.325 e. The maximum absolute atomic E-state index is 12.9. The molecular formula is C18H18N2O3. The number of anilines is 1. The third kappa shape index (κ3) is 2.95. The van der Waals surface area contributed by atoms with Gasteiger partial charge in [-0.3, -0.25) is 14.9 Å². The standard InChI is InChI=1S/C18H18N2O3/c21-17(19-15-9-6-10-16(13-15)20(22)23)18(11-4-5-12-18)14-7-2-1-3-8-14/h1-3,6-10,13H,4-5,11-12H2,(H,19,21). The Kier molecular flexibility index (Phi) is 4.10. The number of rotatable bonds is 4. The van der Waals surface area contributed by atoms with Gasteiger partial charge < -0.3 is 5.32 Å². The first-order chi connectivity index (χ1) is 11.1. The number of nitro groups is 1. The summed E-state index contributed by atoms with van der Waals surface area (Å²) in [7, 11) is 0. The molecule has 1 saturated carbocycles. The van der Waals surface area contributed by atoms with Crippen LogP contribution in [-0.4, -0.2) is 10.8 Å². The smallest absolute Gasteiger partial charge is 0.271 e. The van der Waals surface area contributed by atoms with E-state index in [9.17, 15) is 14.9 Å². The minimum Gasteiger partial charge on any atom is -0.325 e. The Morgan fingerprint density at radius 3 is 2.39 bits per heavy atom. The summed E-state index contributed by atoms with van der Waals surface area (Å²) in [6.07, 6.45) is 3.63. The lowest BCUT2D eigenvalue weighted by atomic mass is 9.78. The van der Waals surface area contributed by atoms with E-state index < -0.39 is 10.3 Å². The number of non-ortho nitro benzene ring substituents is 1. The first-order valence-electron chi connectivity index (χ1n) is 7.73. The van der Waals surface area contributed by atoms with Crippen LogP contribution >= 0.6 is 0 Å². The van der Waals surface area contributed by atoms with Crippen LogP contribution in [0.25, 0.3) is 0 Å². The van der Waals surface area contributed by atoms with Gasteiger partial charge in [0.2, 0.25) is 5.91 Å². The molecule has 5 nitrogen and oxygen atoms in total. The van der Waals surface area contributed by atoms with Crippen molar-refractivity contribution in [2.75, 3.05) is 5.32 Å². The summed E-state index contributed by atoms with van der Waals surface area (Å²) >= 11 is 0. The molecule has 0 heterocycles. The first kappa shape index (κ1) is 15.2. The Bertz CT molecular complexity index is 722. The van der Waals surface area contributed by atoms with Crippen molar-refractivity contribution in [2.24, 2.45) is 0 Å². The fraction of sp³-hybridized carbons (Fsp3) is 0.278. The average Bonchev–Trinajstić information content (AvgIpc) is 3.07. The van der Waals surface area contributed by atoms with Crippen LogP contribution in [0.4, 0.5) is 11.4 Å². The Morgan fingerprint density at radius 1 is 1.04 bits per heavy atom. The Labute approximate surface area is 134 Å². The van der Waals surface area contributed by atoms with Crippen molar-refractivity contribution >= 4 is 17.3 Å². The van der Waals surface area contributed by atoms with Gasteiger partial charge in [0.25, 0.3) is 5.69 Å². The predicted molar refractivity (Wildman–Crippen MR) is 88.3 cm³/mol. The Hall–Kier alpha value is -2.69. The van der Waals surface area contributed by atoms with Gasteiger partial charge in [-0.15, -0.1) is 0 Å². The first-order valence-corrected chi connectivity index (χ1v) is 7.73. The molecule has 0 radical (unpaired) electrons. The number of nitrogens with zero attached hydrogens (tertiary/aromatic N) is 1. The molecule has 3 rings (SSSR count). The van der Waals surface area contributed by atoms with Crippen molar-refractivity contribution in [1.82, 2.24) is 0 Å². The highest BCUT2D eigenvalue weighted by Gasteiger charge is 2.42. The highest BCUT2D eigenvalue weighted by Crippen LogP contribution is 2.42. The molecule has 2 aromatic rings. The molecular weight excluding hydrogens is 292 g/mol. The van der Waals surface area contributed by atoms with E-state index in [1.165, 1.54) is 12.1 Å². The highest BCUT2D eigenvalue weighted by molar-refractivity contribution is 5.99. The van der Waals surface area contributed by atoms with Gasteiger partial charge in [0.15, 0.2) is 0 Å². The quantitative estimate of drug-likeness (QED) is 0.684. The molecule has 0 aliphatic heterocycles. The lowest BCUT2D eigenvalue weighted by Crippen LogP contribution is -2.37. The summed E-state index contributed by atoms with van der Waals surface area (Å²) in [6.45, 7) is 0. The van der Waals surface area contributed by atoms with Gasteiger partial charge in [0.1, 0.15) is 0 Å². The molecule has 0 saturated heterocycles. The zero-order valence-electron chi connectivity index (χ0n) is 12.7. The number of nitrogens with one attached hydrogen (secondary N) is 1. The van der Waals surface area contributed by atoms with E-state index in [-0.39, 0.29) is 11.6 Å². The molecule has 118 valence electrons. The van der Waals surface area contributed by atoms with Crippen LogP contribution in [0.1, 0.15) is 31.2 Å². The van der Waals surface area contributed by atoms with Crippen LogP contribution in [0.5, 0.6) is 0 Å². The van der Waals surface area contributed by atoms with Crippen LogP contribution in [0.3, 0.4) is 0 Å². The molecule has 5 heteroatoms. The Morgan fingerprint density at radius 2 is 1.74 bits per heavy atom. The summed E-state index contributed by atoms with van der Waals surface area (Å²) in [6, 6.07) is 15.9. The average molecular weight is 310 g/mol. The van der Waals surface area contributed by atoms with Gasteiger partial charge in [-0.2, -0.15) is 0 Å². The molecule has 1 aliphatic carbocycles. The summed E-state index contributed by atoms with van der Waals surface area (Å²) in [5, 5.41) is 13.7. The van der Waals surface area contributed by atoms with Crippen LogP contribution in [0.2, 0.25) is 0 Å². The van der Waals surface area contributed by atoms with Gasteiger partial charge >= 0.3 is 0 Å². The number of nitro benzene ring substituents is 1. The maximum Gasteiger partial charge on any atom is 0.271 e. The lowest BCUT2D eigenvalue weighted by Gasteiger charge is -2.28. The van der Waals surface area contributed by atoms with E-state index >= 15 is 0 Å². The minimum atomic E-state index is -0.536. The van der Waals surface area contributed by atoms with Crippen LogP contribution in [-0.2, 0) is 10.2 Å². The van der Waals surface area contributed by atoms with Crippen molar-refractivity contribution in [1.29, 1.82) is 0 Å². The van der Waals surface area contributed by atoms with E-state index in [0.29, 0.717) is 5.69 Å². The van der Waals surface area contributed by atoms with Gasteiger partial charge in [0.05, 0.1) is 10.3 Å². The number of benzene rings is 2. The fourth-order valence-corrected chi connectivity index (χ4v) is 3.33. The molecule has 23 heavy (non-hydrogen) atoms. The zero-order chi connectivity index (χ0) is 16.3. The number of hydrogen-bond donors (Lipinski definition) is 1. The van der Waals surface area contributed by atoms with Gasteiger partial charge in [-0.05, 0) is 24.5 Å². The second kappa shape index (κ2) is 6.20. The van der Waals surface area contributed by atoms with Crippen LogP contribution in [0, 0.1) is 10.1 Å². The lowest BCUT2D eigenvalue weighted by molar-refractivity contribution is -0.384. The second-order valence-corrected chi connectivity index (χ2v) is 5.92. The monoisotopic (exact) mass is 310 g/mol. The topological polar surface area (TPSA) is 72.2 Å².